The monoisotopic (exact) mass is 240 g/mol. The molecule has 0 aliphatic carbocycles. The molecule has 0 radical (unpaired) electrons. The predicted octanol–water partition coefficient (Wildman–Crippen LogP) is 3.54. The molecule has 0 saturated heterocycles. The van der Waals surface area contributed by atoms with Crippen LogP contribution in [0.1, 0.15) is 11.5 Å². The van der Waals surface area contributed by atoms with Gasteiger partial charge in [0.2, 0.25) is 0 Å². The second-order valence-corrected chi connectivity index (χ2v) is 3.98. The van der Waals surface area contributed by atoms with Gasteiger partial charge >= 0.3 is 0 Å². The third-order valence-corrected chi connectivity index (χ3v) is 2.69. The van der Waals surface area contributed by atoms with Crippen molar-refractivity contribution in [2.24, 2.45) is 0 Å². The first-order valence-electron chi connectivity index (χ1n) is 5.73. The largest absolute Gasteiger partial charge is 0.383 e. The van der Waals surface area contributed by atoms with Crippen LogP contribution in [-0.4, -0.2) is 6.54 Å². The topological polar surface area (TPSA) is 35.8 Å². The predicted molar refractivity (Wildman–Crippen MR) is 69.7 cm³/mol. The van der Waals surface area contributed by atoms with Gasteiger partial charge in [-0.15, -0.1) is 0 Å². The highest BCUT2D eigenvalue weighted by Gasteiger charge is 2.09. The Morgan fingerprint density at radius 3 is 2.56 bits per heavy atom. The number of nitrogens with one attached hydrogen (secondary N) is 1. The van der Waals surface area contributed by atoms with E-state index in [9.17, 15) is 4.39 Å². The van der Waals surface area contributed by atoms with E-state index in [1.54, 1.807) is 12.1 Å². The van der Waals surface area contributed by atoms with E-state index in [1.807, 2.05) is 30.3 Å². The number of benzene rings is 2. The van der Waals surface area contributed by atoms with Crippen LogP contribution in [-0.2, 0) is 0 Å². The fraction of sp³-hybridized carbons (Fsp3) is 0.133. The maximum atomic E-state index is 13.0. The first-order valence-corrected chi connectivity index (χ1v) is 5.73. The number of nitriles is 1. The Labute approximate surface area is 106 Å². The summed E-state index contributed by atoms with van der Waals surface area (Å²) in [7, 11) is 0. The lowest BCUT2D eigenvalue weighted by Gasteiger charge is -2.11. The molecule has 0 saturated carbocycles. The Hall–Kier alpha value is -2.34. The average Bonchev–Trinajstić information content (AvgIpc) is 2.41. The van der Waals surface area contributed by atoms with Crippen molar-refractivity contribution < 1.29 is 4.39 Å². The van der Waals surface area contributed by atoms with Crippen LogP contribution in [0.3, 0.4) is 0 Å². The number of nitrogens with zero attached hydrogens (tertiary/aromatic N) is 1. The quantitative estimate of drug-likeness (QED) is 0.887. The summed E-state index contributed by atoms with van der Waals surface area (Å²) < 4.78 is 13.0. The molecule has 0 aliphatic heterocycles. The van der Waals surface area contributed by atoms with Crippen molar-refractivity contribution in [3.05, 3.63) is 66.0 Å². The minimum atomic E-state index is -0.284. The number of anilines is 1. The molecule has 3 heteroatoms. The van der Waals surface area contributed by atoms with Gasteiger partial charge in [0.15, 0.2) is 0 Å². The van der Waals surface area contributed by atoms with Gasteiger partial charge in [-0.25, -0.2) is 4.39 Å². The number of hydrogen-bond acceptors (Lipinski definition) is 2. The van der Waals surface area contributed by atoms with Gasteiger partial charge in [-0.05, 0) is 23.8 Å². The normalized spacial score (nSPS) is 11.6. The fourth-order valence-electron chi connectivity index (χ4n) is 1.74. The summed E-state index contributed by atoms with van der Waals surface area (Å²) in [5, 5.41) is 12.2. The van der Waals surface area contributed by atoms with E-state index in [1.165, 1.54) is 12.1 Å². The number of hydrogen-bond donors (Lipinski definition) is 1. The molecule has 90 valence electrons. The molecule has 0 heterocycles. The van der Waals surface area contributed by atoms with Crippen LogP contribution in [0, 0.1) is 17.1 Å². The Morgan fingerprint density at radius 2 is 1.89 bits per heavy atom. The van der Waals surface area contributed by atoms with E-state index in [2.05, 4.69) is 11.4 Å². The first kappa shape index (κ1) is 12.1. The molecule has 0 aromatic heterocycles. The highest BCUT2D eigenvalue weighted by atomic mass is 19.1. The molecule has 0 fully saturated rings. The third-order valence-electron chi connectivity index (χ3n) is 2.69. The Kier molecular flexibility index (Phi) is 3.93. The summed E-state index contributed by atoms with van der Waals surface area (Å²) >= 11 is 0. The fourth-order valence-corrected chi connectivity index (χ4v) is 1.74. The van der Waals surface area contributed by atoms with Gasteiger partial charge in [0.05, 0.1) is 12.0 Å². The molecule has 2 aromatic rings. The van der Waals surface area contributed by atoms with Crippen LogP contribution < -0.4 is 5.32 Å². The van der Waals surface area contributed by atoms with E-state index in [0.717, 1.165) is 5.56 Å². The molecule has 0 aliphatic rings. The lowest BCUT2D eigenvalue weighted by atomic mass is 10.0. The van der Waals surface area contributed by atoms with Crippen LogP contribution in [0.2, 0.25) is 0 Å². The van der Waals surface area contributed by atoms with Gasteiger partial charge in [0.1, 0.15) is 5.82 Å². The SMILES string of the molecule is N#CC(CNc1cccc(F)c1)c1ccccc1. The highest BCUT2D eigenvalue weighted by molar-refractivity contribution is 5.44. The molecule has 2 aromatic carbocycles. The Balaban J connectivity index is 2.03. The lowest BCUT2D eigenvalue weighted by molar-refractivity contribution is 0.628. The van der Waals surface area contributed by atoms with E-state index in [4.69, 9.17) is 5.26 Å². The smallest absolute Gasteiger partial charge is 0.125 e. The number of halogens is 1. The zero-order chi connectivity index (χ0) is 12.8. The Bertz CT molecular complexity index is 546. The van der Waals surface area contributed by atoms with E-state index < -0.39 is 0 Å². The minimum absolute atomic E-state index is 0.241. The van der Waals surface area contributed by atoms with Crippen LogP contribution in [0.25, 0.3) is 0 Å². The molecule has 18 heavy (non-hydrogen) atoms. The molecule has 2 rings (SSSR count). The van der Waals surface area contributed by atoms with Gasteiger partial charge in [-0.1, -0.05) is 36.4 Å². The van der Waals surface area contributed by atoms with Gasteiger partial charge in [-0.2, -0.15) is 5.26 Å². The third kappa shape index (κ3) is 3.08. The molecular weight excluding hydrogens is 227 g/mol. The Morgan fingerprint density at radius 1 is 1.11 bits per heavy atom. The van der Waals surface area contributed by atoms with Gasteiger partial charge < -0.3 is 5.32 Å². The molecule has 0 bridgehead atoms. The zero-order valence-corrected chi connectivity index (χ0v) is 9.81. The minimum Gasteiger partial charge on any atom is -0.383 e. The van der Waals surface area contributed by atoms with E-state index >= 15 is 0 Å². The van der Waals surface area contributed by atoms with Gasteiger partial charge in [0.25, 0.3) is 0 Å². The molecular formula is C15H13FN2. The summed E-state index contributed by atoms with van der Waals surface area (Å²) in [5.74, 6) is -0.525. The van der Waals surface area contributed by atoms with Crippen molar-refractivity contribution in [2.75, 3.05) is 11.9 Å². The summed E-state index contributed by atoms with van der Waals surface area (Å²) in [5.41, 5.74) is 1.65. The molecule has 0 amide bonds. The summed E-state index contributed by atoms with van der Waals surface area (Å²) in [6.45, 7) is 0.462. The molecule has 1 atom stereocenters. The molecule has 1 unspecified atom stereocenters. The van der Waals surface area contributed by atoms with Crippen LogP contribution in [0.15, 0.2) is 54.6 Å². The molecule has 0 spiro atoms. The van der Waals surface area contributed by atoms with Crippen molar-refractivity contribution in [3.8, 4) is 6.07 Å². The van der Waals surface area contributed by atoms with Crippen molar-refractivity contribution in [1.29, 1.82) is 5.26 Å². The van der Waals surface area contributed by atoms with Crippen molar-refractivity contribution in [1.82, 2.24) is 0 Å². The maximum Gasteiger partial charge on any atom is 0.125 e. The van der Waals surface area contributed by atoms with Crippen molar-refractivity contribution >= 4 is 5.69 Å². The molecule has 1 N–H and O–H groups in total. The van der Waals surface area contributed by atoms with E-state index in [-0.39, 0.29) is 11.7 Å². The average molecular weight is 240 g/mol. The maximum absolute atomic E-state index is 13.0. The van der Waals surface area contributed by atoms with Crippen LogP contribution in [0.5, 0.6) is 0 Å². The first-order chi connectivity index (χ1) is 8.79. The standard InChI is InChI=1S/C15H13FN2/c16-14-7-4-8-15(9-14)18-11-13(10-17)12-5-2-1-3-6-12/h1-9,13,18H,11H2. The summed E-state index contributed by atoms with van der Waals surface area (Å²) in [6, 6.07) is 18.0. The van der Waals surface area contributed by atoms with E-state index in [0.29, 0.717) is 12.2 Å². The number of rotatable bonds is 4. The molecule has 2 nitrogen and oxygen atoms in total. The van der Waals surface area contributed by atoms with Gasteiger partial charge in [0, 0.05) is 12.2 Å². The van der Waals surface area contributed by atoms with Crippen LogP contribution >= 0.6 is 0 Å². The summed E-state index contributed by atoms with van der Waals surface area (Å²) in [4.78, 5) is 0. The lowest BCUT2D eigenvalue weighted by Crippen LogP contribution is -2.11. The highest BCUT2D eigenvalue weighted by Crippen LogP contribution is 2.16. The van der Waals surface area contributed by atoms with Crippen LogP contribution in [0.4, 0.5) is 10.1 Å². The van der Waals surface area contributed by atoms with Crippen molar-refractivity contribution in [3.63, 3.8) is 0 Å². The summed E-state index contributed by atoms with van der Waals surface area (Å²) in [6.07, 6.45) is 0. The van der Waals surface area contributed by atoms with Gasteiger partial charge in [-0.3, -0.25) is 0 Å². The second-order valence-electron chi connectivity index (χ2n) is 3.98. The van der Waals surface area contributed by atoms with Crippen molar-refractivity contribution in [2.45, 2.75) is 5.92 Å². The second kappa shape index (κ2) is 5.83. The zero-order valence-electron chi connectivity index (χ0n) is 9.81.